The highest BCUT2D eigenvalue weighted by Crippen LogP contribution is 2.51. The second-order valence-corrected chi connectivity index (χ2v) is 9.75. The van der Waals surface area contributed by atoms with Gasteiger partial charge < -0.3 is 19.9 Å². The zero-order chi connectivity index (χ0) is 30.1. The van der Waals surface area contributed by atoms with Gasteiger partial charge in [-0.3, -0.25) is 19.5 Å². The lowest BCUT2D eigenvalue weighted by Gasteiger charge is -2.44. The van der Waals surface area contributed by atoms with Crippen LogP contribution in [0.2, 0.25) is 0 Å². The highest BCUT2D eigenvalue weighted by atomic mass is 19.1. The number of esters is 2. The fourth-order valence-corrected chi connectivity index (χ4v) is 5.72. The second kappa shape index (κ2) is 11.4. The number of pyridine rings is 1. The number of aromatic nitrogens is 1. The van der Waals surface area contributed by atoms with Crippen molar-refractivity contribution in [3.8, 4) is 5.75 Å². The summed E-state index contributed by atoms with van der Waals surface area (Å²) in [6.07, 6.45) is 3.00. The first kappa shape index (κ1) is 28.5. The van der Waals surface area contributed by atoms with Crippen molar-refractivity contribution >= 4 is 23.4 Å². The van der Waals surface area contributed by atoms with Gasteiger partial charge in [-0.05, 0) is 47.9 Å². The summed E-state index contributed by atoms with van der Waals surface area (Å²) in [5, 5.41) is 0. The quantitative estimate of drug-likeness (QED) is 0.342. The van der Waals surface area contributed by atoms with Crippen LogP contribution in [0, 0.1) is 17.6 Å². The zero-order valence-electron chi connectivity index (χ0n) is 23.0. The van der Waals surface area contributed by atoms with Gasteiger partial charge >= 0.3 is 11.9 Å². The maximum Gasteiger partial charge on any atom is 0.338 e. The van der Waals surface area contributed by atoms with E-state index in [0.29, 0.717) is 22.9 Å². The largest absolute Gasteiger partial charge is 0.497 e. The highest BCUT2D eigenvalue weighted by Gasteiger charge is 2.51. The van der Waals surface area contributed by atoms with Crippen molar-refractivity contribution in [2.24, 2.45) is 11.7 Å². The maximum absolute atomic E-state index is 15.4. The van der Waals surface area contributed by atoms with Gasteiger partial charge in [0.05, 0.1) is 38.5 Å². The molecule has 2 aromatic carbocycles. The number of hydrogen-bond acceptors (Lipinski definition) is 9. The van der Waals surface area contributed by atoms with Crippen molar-refractivity contribution in [1.29, 1.82) is 0 Å². The molecule has 2 heterocycles. The number of halogens is 2. The summed E-state index contributed by atoms with van der Waals surface area (Å²) in [5.41, 5.74) is 7.59. The molecule has 1 aliphatic heterocycles. The molecule has 2 aliphatic rings. The molecule has 0 radical (unpaired) electrons. The number of benzene rings is 2. The molecule has 0 saturated carbocycles. The Morgan fingerprint density at radius 3 is 2.33 bits per heavy atom. The summed E-state index contributed by atoms with van der Waals surface area (Å²) in [4.78, 5) is 46.4. The Morgan fingerprint density at radius 1 is 1.00 bits per heavy atom. The SMILES string of the molecule is COC(=O)C1=C(N)N(c2ccc(F)cc2F)C2=C(C(=O)[C@H](C(=O)OC)[C@@H](c3ccc(OC)cc3)C2)[C@H]1c1cccnc1. The van der Waals surface area contributed by atoms with Crippen LogP contribution in [0.5, 0.6) is 5.75 Å². The van der Waals surface area contributed by atoms with Crippen LogP contribution < -0.4 is 15.4 Å². The van der Waals surface area contributed by atoms with E-state index in [4.69, 9.17) is 19.9 Å². The first-order chi connectivity index (χ1) is 20.2. The molecule has 0 spiro atoms. The number of carbonyl (C=O) groups is 3. The van der Waals surface area contributed by atoms with Crippen molar-refractivity contribution in [3.63, 3.8) is 0 Å². The molecule has 0 fully saturated rings. The molecule has 216 valence electrons. The molecular formula is C31H27F2N3O6. The van der Waals surface area contributed by atoms with Crippen LogP contribution in [-0.2, 0) is 23.9 Å². The van der Waals surface area contributed by atoms with Crippen molar-refractivity contribution in [2.45, 2.75) is 18.3 Å². The molecule has 1 aliphatic carbocycles. The summed E-state index contributed by atoms with van der Waals surface area (Å²) < 4.78 is 44.7. The molecule has 11 heteroatoms. The summed E-state index contributed by atoms with van der Waals surface area (Å²) >= 11 is 0. The van der Waals surface area contributed by atoms with Crippen LogP contribution in [-0.4, -0.2) is 44.0 Å². The molecule has 9 nitrogen and oxygen atoms in total. The number of hydrogen-bond donors (Lipinski definition) is 1. The molecule has 2 N–H and O–H groups in total. The third-order valence-corrected chi connectivity index (χ3v) is 7.61. The van der Waals surface area contributed by atoms with Crippen molar-refractivity contribution in [2.75, 3.05) is 26.2 Å². The Labute approximate surface area is 240 Å². The highest BCUT2D eigenvalue weighted by molar-refractivity contribution is 6.14. The number of Topliss-reactive ketones (excluding diaryl/α,β-unsaturated/α-hetero) is 1. The minimum atomic E-state index is -1.31. The summed E-state index contributed by atoms with van der Waals surface area (Å²) in [6, 6.07) is 13.0. The Balaban J connectivity index is 1.82. The van der Waals surface area contributed by atoms with Gasteiger partial charge in [0.1, 0.15) is 29.1 Å². The van der Waals surface area contributed by atoms with Crippen LogP contribution in [0.25, 0.3) is 0 Å². The third-order valence-electron chi connectivity index (χ3n) is 7.61. The summed E-state index contributed by atoms with van der Waals surface area (Å²) in [6.45, 7) is 0. The first-order valence-electron chi connectivity index (χ1n) is 12.9. The van der Waals surface area contributed by atoms with Gasteiger partial charge in [0.25, 0.3) is 0 Å². The van der Waals surface area contributed by atoms with E-state index < -0.39 is 47.1 Å². The number of nitrogens with zero attached hydrogens (tertiary/aromatic N) is 2. The van der Waals surface area contributed by atoms with E-state index in [9.17, 15) is 18.8 Å². The van der Waals surface area contributed by atoms with E-state index in [1.165, 1.54) is 37.6 Å². The Bertz CT molecular complexity index is 1620. The Hall–Kier alpha value is -5.06. The average molecular weight is 576 g/mol. The molecule has 0 unspecified atom stereocenters. The van der Waals surface area contributed by atoms with Gasteiger partial charge in [-0.25, -0.2) is 13.6 Å². The van der Waals surface area contributed by atoms with Gasteiger partial charge in [-0.2, -0.15) is 0 Å². The van der Waals surface area contributed by atoms with Gasteiger partial charge in [0.2, 0.25) is 0 Å². The summed E-state index contributed by atoms with van der Waals surface area (Å²) in [5.74, 6) is -6.91. The van der Waals surface area contributed by atoms with Gasteiger partial charge in [0.15, 0.2) is 5.78 Å². The lowest BCUT2D eigenvalue weighted by atomic mass is 9.67. The predicted molar refractivity (Wildman–Crippen MR) is 147 cm³/mol. The Kier molecular flexibility index (Phi) is 7.75. The first-order valence-corrected chi connectivity index (χ1v) is 12.9. The predicted octanol–water partition coefficient (Wildman–Crippen LogP) is 4.12. The number of rotatable bonds is 6. The minimum absolute atomic E-state index is 0.00982. The second-order valence-electron chi connectivity index (χ2n) is 9.75. The monoisotopic (exact) mass is 575 g/mol. The van der Waals surface area contributed by atoms with Crippen LogP contribution in [0.15, 0.2) is 89.7 Å². The van der Waals surface area contributed by atoms with Gasteiger partial charge in [-0.15, -0.1) is 0 Å². The number of methoxy groups -OCH3 is 3. The van der Waals surface area contributed by atoms with E-state index in [0.717, 1.165) is 13.2 Å². The lowest BCUT2D eigenvalue weighted by Crippen LogP contribution is -2.46. The molecule has 0 amide bonds. The van der Waals surface area contributed by atoms with Crippen molar-refractivity contribution in [1.82, 2.24) is 4.98 Å². The Morgan fingerprint density at radius 2 is 1.74 bits per heavy atom. The number of ketones is 1. The number of allylic oxidation sites excluding steroid dienone is 2. The normalized spacial score (nSPS) is 20.3. The van der Waals surface area contributed by atoms with Crippen LogP contribution in [0.4, 0.5) is 14.5 Å². The number of nitrogens with two attached hydrogens (primary N) is 1. The standard InChI is InChI=1S/C31H27F2N3O6/c1-40-19-9-6-16(7-10-19)20-14-23-26(28(37)25(20)30(38)41-2)24(17-5-4-12-35-15-17)27(31(39)42-3)29(34)36(23)22-11-8-18(32)13-21(22)33/h4-13,15,20,24-25H,14,34H2,1-3H3/t20-,24-,25-/m1/s1. The maximum atomic E-state index is 15.4. The van der Waals surface area contributed by atoms with Gasteiger partial charge in [0, 0.05) is 35.6 Å². The van der Waals surface area contributed by atoms with E-state index in [1.807, 2.05) is 0 Å². The average Bonchev–Trinajstić information content (AvgIpc) is 3.00. The van der Waals surface area contributed by atoms with Crippen LogP contribution >= 0.6 is 0 Å². The lowest BCUT2D eigenvalue weighted by molar-refractivity contribution is -0.150. The van der Waals surface area contributed by atoms with E-state index in [-0.39, 0.29) is 34.8 Å². The minimum Gasteiger partial charge on any atom is -0.497 e. The van der Waals surface area contributed by atoms with E-state index in [2.05, 4.69) is 4.98 Å². The summed E-state index contributed by atoms with van der Waals surface area (Å²) in [7, 11) is 3.84. The molecule has 0 saturated heterocycles. The fourth-order valence-electron chi connectivity index (χ4n) is 5.72. The molecule has 42 heavy (non-hydrogen) atoms. The van der Waals surface area contributed by atoms with Crippen molar-refractivity contribution in [3.05, 3.63) is 112 Å². The number of carbonyl (C=O) groups excluding carboxylic acids is 3. The molecule has 1 aromatic heterocycles. The topological polar surface area (TPSA) is 121 Å². The molecule has 3 aromatic rings. The molecule has 3 atom stereocenters. The van der Waals surface area contributed by atoms with Gasteiger partial charge in [-0.1, -0.05) is 18.2 Å². The van der Waals surface area contributed by atoms with E-state index in [1.54, 1.807) is 36.4 Å². The van der Waals surface area contributed by atoms with E-state index >= 15 is 4.39 Å². The van der Waals surface area contributed by atoms with Crippen LogP contribution in [0.3, 0.4) is 0 Å². The zero-order valence-corrected chi connectivity index (χ0v) is 23.0. The van der Waals surface area contributed by atoms with Crippen molar-refractivity contribution < 1.29 is 37.4 Å². The molecule has 5 rings (SSSR count). The number of anilines is 1. The number of ether oxygens (including phenoxy) is 3. The molecular weight excluding hydrogens is 548 g/mol. The third kappa shape index (κ3) is 4.76. The fraction of sp³-hybridized carbons (Fsp3) is 0.226. The smallest absolute Gasteiger partial charge is 0.338 e. The molecule has 0 bridgehead atoms. The van der Waals surface area contributed by atoms with Crippen LogP contribution in [0.1, 0.15) is 29.4 Å².